The van der Waals surface area contributed by atoms with Crippen LogP contribution >= 0.6 is 27.3 Å². The average molecular weight is 312 g/mol. The van der Waals surface area contributed by atoms with Crippen molar-refractivity contribution in [1.29, 1.82) is 0 Å². The topological polar surface area (TPSA) is 37.8 Å². The Labute approximate surface area is 113 Å². The SMILES string of the molecule is CNc1cc(C(C)C)nc(-c2ccc(Br)s2)n1. The number of nitrogens with zero attached hydrogens (tertiary/aromatic N) is 2. The Morgan fingerprint density at radius 1 is 1.29 bits per heavy atom. The standard InChI is InChI=1S/C12H14BrN3S/c1-7(2)8-6-11(14-3)16-12(15-8)9-4-5-10(13)17-9/h4-7H,1-3H3,(H,14,15,16). The second kappa shape index (κ2) is 5.14. The van der Waals surface area contributed by atoms with E-state index in [1.807, 2.05) is 25.2 Å². The van der Waals surface area contributed by atoms with Crippen molar-refractivity contribution in [2.24, 2.45) is 0 Å². The van der Waals surface area contributed by atoms with E-state index in [1.165, 1.54) is 0 Å². The van der Waals surface area contributed by atoms with Crippen LogP contribution in [0.25, 0.3) is 10.7 Å². The van der Waals surface area contributed by atoms with Gasteiger partial charge in [0.05, 0.1) is 8.66 Å². The fourth-order valence-corrected chi connectivity index (χ4v) is 2.75. The molecule has 0 unspecified atom stereocenters. The Morgan fingerprint density at radius 2 is 2.06 bits per heavy atom. The summed E-state index contributed by atoms with van der Waals surface area (Å²) in [5.74, 6) is 2.05. The van der Waals surface area contributed by atoms with E-state index in [0.717, 1.165) is 26.0 Å². The summed E-state index contributed by atoms with van der Waals surface area (Å²) in [7, 11) is 1.88. The minimum atomic E-state index is 0.396. The highest BCUT2D eigenvalue weighted by Gasteiger charge is 2.10. The first-order valence-corrected chi connectivity index (χ1v) is 7.03. The predicted octanol–water partition coefficient (Wildman–Crippen LogP) is 4.13. The van der Waals surface area contributed by atoms with Crippen LogP contribution in [0.4, 0.5) is 5.82 Å². The first-order valence-electron chi connectivity index (χ1n) is 5.42. The molecule has 0 amide bonds. The van der Waals surface area contributed by atoms with Crippen molar-refractivity contribution in [3.8, 4) is 10.7 Å². The lowest BCUT2D eigenvalue weighted by Gasteiger charge is -2.08. The van der Waals surface area contributed by atoms with Crippen molar-refractivity contribution in [2.45, 2.75) is 19.8 Å². The van der Waals surface area contributed by atoms with Gasteiger partial charge >= 0.3 is 0 Å². The molecule has 0 radical (unpaired) electrons. The van der Waals surface area contributed by atoms with Gasteiger partial charge in [0.15, 0.2) is 5.82 Å². The van der Waals surface area contributed by atoms with Crippen LogP contribution in [-0.2, 0) is 0 Å². The third-order valence-corrected chi connectivity index (χ3v) is 4.01. The van der Waals surface area contributed by atoms with Crippen LogP contribution in [0.1, 0.15) is 25.5 Å². The van der Waals surface area contributed by atoms with E-state index in [1.54, 1.807) is 11.3 Å². The first-order chi connectivity index (χ1) is 8.10. The predicted molar refractivity (Wildman–Crippen MR) is 76.7 cm³/mol. The molecule has 0 aliphatic rings. The maximum absolute atomic E-state index is 4.60. The molecule has 0 spiro atoms. The van der Waals surface area contributed by atoms with Crippen molar-refractivity contribution < 1.29 is 0 Å². The molecule has 0 bridgehead atoms. The summed E-state index contributed by atoms with van der Waals surface area (Å²) in [4.78, 5) is 10.2. The van der Waals surface area contributed by atoms with E-state index in [-0.39, 0.29) is 0 Å². The molecule has 2 heterocycles. The lowest BCUT2D eigenvalue weighted by atomic mass is 10.1. The summed E-state index contributed by atoms with van der Waals surface area (Å²) in [6.07, 6.45) is 0. The van der Waals surface area contributed by atoms with Crippen LogP contribution in [0.5, 0.6) is 0 Å². The maximum Gasteiger partial charge on any atom is 0.171 e. The van der Waals surface area contributed by atoms with E-state index >= 15 is 0 Å². The molecule has 5 heteroatoms. The molecule has 0 aromatic carbocycles. The second-order valence-corrected chi connectivity index (χ2v) is 6.47. The monoisotopic (exact) mass is 311 g/mol. The van der Waals surface area contributed by atoms with Gasteiger partial charge in [-0.2, -0.15) is 0 Å². The van der Waals surface area contributed by atoms with Crippen molar-refractivity contribution in [2.75, 3.05) is 12.4 Å². The molecule has 0 fully saturated rings. The molecular weight excluding hydrogens is 298 g/mol. The molecule has 90 valence electrons. The normalized spacial score (nSPS) is 10.9. The van der Waals surface area contributed by atoms with Gasteiger partial charge in [0.1, 0.15) is 5.82 Å². The highest BCUT2D eigenvalue weighted by atomic mass is 79.9. The number of thiophene rings is 1. The average Bonchev–Trinajstić information content (AvgIpc) is 2.75. The smallest absolute Gasteiger partial charge is 0.171 e. The molecule has 1 N–H and O–H groups in total. The molecule has 0 aliphatic carbocycles. The molecular formula is C12H14BrN3S. The molecule has 0 atom stereocenters. The number of hydrogen-bond donors (Lipinski definition) is 1. The van der Waals surface area contributed by atoms with Gasteiger partial charge in [0, 0.05) is 18.8 Å². The Balaban J connectivity index is 2.49. The number of aromatic nitrogens is 2. The number of anilines is 1. The fourth-order valence-electron chi connectivity index (χ4n) is 1.43. The Bertz CT molecular complexity index is 522. The van der Waals surface area contributed by atoms with E-state index in [4.69, 9.17) is 0 Å². The van der Waals surface area contributed by atoms with E-state index < -0.39 is 0 Å². The number of rotatable bonds is 3. The van der Waals surface area contributed by atoms with Gasteiger partial charge in [-0.25, -0.2) is 9.97 Å². The highest BCUT2D eigenvalue weighted by molar-refractivity contribution is 9.11. The van der Waals surface area contributed by atoms with Crippen LogP contribution < -0.4 is 5.32 Å². The van der Waals surface area contributed by atoms with E-state index in [9.17, 15) is 0 Å². The van der Waals surface area contributed by atoms with Crippen LogP contribution in [0.15, 0.2) is 22.0 Å². The summed E-state index contributed by atoms with van der Waals surface area (Å²) in [6.45, 7) is 4.27. The fraction of sp³-hybridized carbons (Fsp3) is 0.333. The zero-order valence-electron chi connectivity index (χ0n) is 9.99. The van der Waals surface area contributed by atoms with Gasteiger partial charge in [0.25, 0.3) is 0 Å². The molecule has 3 nitrogen and oxygen atoms in total. The minimum Gasteiger partial charge on any atom is -0.373 e. The quantitative estimate of drug-likeness (QED) is 0.926. The molecule has 0 aliphatic heterocycles. The van der Waals surface area contributed by atoms with Crippen molar-refractivity contribution in [1.82, 2.24) is 9.97 Å². The molecule has 2 aromatic heterocycles. The third kappa shape index (κ3) is 2.84. The van der Waals surface area contributed by atoms with Gasteiger partial charge in [-0.05, 0) is 34.0 Å². The second-order valence-electron chi connectivity index (χ2n) is 4.01. The number of nitrogens with one attached hydrogen (secondary N) is 1. The Hall–Kier alpha value is -0.940. The Morgan fingerprint density at radius 3 is 2.59 bits per heavy atom. The van der Waals surface area contributed by atoms with E-state index in [0.29, 0.717) is 5.92 Å². The molecule has 0 saturated heterocycles. The van der Waals surface area contributed by atoms with Crippen molar-refractivity contribution in [3.63, 3.8) is 0 Å². The van der Waals surface area contributed by atoms with Gasteiger partial charge < -0.3 is 5.32 Å². The van der Waals surface area contributed by atoms with Crippen LogP contribution in [0, 0.1) is 0 Å². The summed E-state index contributed by atoms with van der Waals surface area (Å²) in [5, 5.41) is 3.08. The minimum absolute atomic E-state index is 0.396. The molecule has 17 heavy (non-hydrogen) atoms. The van der Waals surface area contributed by atoms with Gasteiger partial charge in [-0.15, -0.1) is 11.3 Å². The lowest BCUT2D eigenvalue weighted by Crippen LogP contribution is -2.01. The van der Waals surface area contributed by atoms with Crippen LogP contribution in [-0.4, -0.2) is 17.0 Å². The molecule has 2 aromatic rings. The summed E-state index contributed by atoms with van der Waals surface area (Å²) < 4.78 is 1.09. The van der Waals surface area contributed by atoms with E-state index in [2.05, 4.69) is 45.1 Å². The number of halogens is 1. The molecule has 0 saturated carbocycles. The lowest BCUT2D eigenvalue weighted by molar-refractivity contribution is 0.818. The summed E-state index contributed by atoms with van der Waals surface area (Å²) in [5.41, 5.74) is 1.06. The largest absolute Gasteiger partial charge is 0.373 e. The van der Waals surface area contributed by atoms with Gasteiger partial charge in [-0.3, -0.25) is 0 Å². The Kier molecular flexibility index (Phi) is 3.79. The first kappa shape index (κ1) is 12.5. The van der Waals surface area contributed by atoms with Crippen molar-refractivity contribution >= 4 is 33.1 Å². The summed E-state index contributed by atoms with van der Waals surface area (Å²) >= 11 is 5.10. The highest BCUT2D eigenvalue weighted by Crippen LogP contribution is 2.30. The van der Waals surface area contributed by atoms with Gasteiger partial charge in [0.2, 0.25) is 0 Å². The van der Waals surface area contributed by atoms with Crippen LogP contribution in [0.2, 0.25) is 0 Å². The zero-order chi connectivity index (χ0) is 12.4. The van der Waals surface area contributed by atoms with Crippen molar-refractivity contribution in [3.05, 3.63) is 27.7 Å². The zero-order valence-corrected chi connectivity index (χ0v) is 12.4. The van der Waals surface area contributed by atoms with Gasteiger partial charge in [-0.1, -0.05) is 13.8 Å². The number of hydrogen-bond acceptors (Lipinski definition) is 4. The third-order valence-electron chi connectivity index (χ3n) is 2.39. The molecule has 2 rings (SSSR count). The van der Waals surface area contributed by atoms with Crippen LogP contribution in [0.3, 0.4) is 0 Å². The summed E-state index contributed by atoms with van der Waals surface area (Å²) in [6, 6.07) is 6.05. The maximum atomic E-state index is 4.60.